The van der Waals surface area contributed by atoms with Gasteiger partial charge >= 0.3 is 12.1 Å². The van der Waals surface area contributed by atoms with E-state index in [0.29, 0.717) is 21.2 Å². The van der Waals surface area contributed by atoms with Crippen LogP contribution in [0.5, 0.6) is 0 Å². The number of amidine groups is 2. The Hall–Kier alpha value is -2.70. The van der Waals surface area contributed by atoms with Crippen molar-refractivity contribution >= 4 is 46.9 Å². The maximum absolute atomic E-state index is 13.6. The third kappa shape index (κ3) is 5.03. The highest BCUT2D eigenvalue weighted by Crippen LogP contribution is 2.27. The van der Waals surface area contributed by atoms with E-state index in [-0.39, 0.29) is 11.7 Å². The van der Waals surface area contributed by atoms with Crippen molar-refractivity contribution in [2.75, 3.05) is 0 Å². The third-order valence-electron chi connectivity index (χ3n) is 4.76. The van der Waals surface area contributed by atoms with Gasteiger partial charge in [0, 0.05) is 32.3 Å². The lowest BCUT2D eigenvalue weighted by molar-refractivity contribution is 0.190. The molecule has 0 aromatic heterocycles. The van der Waals surface area contributed by atoms with Gasteiger partial charge in [0.15, 0.2) is 0 Å². The van der Waals surface area contributed by atoms with Gasteiger partial charge in [-0.15, -0.1) is 0 Å². The molecule has 0 saturated carbocycles. The van der Waals surface area contributed by atoms with Crippen molar-refractivity contribution in [3.63, 3.8) is 0 Å². The summed E-state index contributed by atoms with van der Waals surface area (Å²) >= 11 is 12.1. The topological polar surface area (TPSA) is 65.3 Å². The summed E-state index contributed by atoms with van der Waals surface area (Å²) in [6.45, 7) is 11.2. The van der Waals surface area contributed by atoms with Crippen LogP contribution in [0.3, 0.4) is 0 Å². The van der Waals surface area contributed by atoms with Gasteiger partial charge in [-0.1, -0.05) is 23.2 Å². The molecule has 0 atom stereocenters. The number of nitrogens with zero attached hydrogens (tertiary/aromatic N) is 4. The molecule has 1 aliphatic heterocycles. The van der Waals surface area contributed by atoms with Crippen LogP contribution < -0.4 is 0 Å². The summed E-state index contributed by atoms with van der Waals surface area (Å²) in [7, 11) is 0. The van der Waals surface area contributed by atoms with Crippen molar-refractivity contribution in [2.24, 2.45) is 9.98 Å². The smallest absolute Gasteiger partial charge is 0.271 e. The molecule has 6 nitrogen and oxygen atoms in total. The molecule has 1 aliphatic rings. The number of rotatable bonds is 2. The number of amides is 4. The standard InChI is InChI=1S/C24H26Cl2N4O2/c1-23(2,3)29-19(15-7-11-17(25)12-8-15)27-22(32)30(24(4,5)6)20(28-21(29)31)16-9-13-18(26)14-10-16/h7-14H,1-6H3/b27-19-,28-20-. The fourth-order valence-electron chi connectivity index (χ4n) is 3.36. The van der Waals surface area contributed by atoms with Crippen LogP contribution in [0.1, 0.15) is 52.7 Å². The first-order valence-electron chi connectivity index (χ1n) is 10.2. The van der Waals surface area contributed by atoms with Gasteiger partial charge in [0.2, 0.25) is 0 Å². The Balaban J connectivity index is 2.28. The Morgan fingerprint density at radius 1 is 0.594 bits per heavy atom. The second-order valence-electron chi connectivity index (χ2n) is 9.46. The number of urea groups is 2. The van der Waals surface area contributed by atoms with Crippen LogP contribution >= 0.6 is 23.2 Å². The van der Waals surface area contributed by atoms with Crippen LogP contribution in [0, 0.1) is 0 Å². The molecule has 3 rings (SSSR count). The summed E-state index contributed by atoms with van der Waals surface area (Å²) in [5, 5.41) is 1.08. The molecule has 32 heavy (non-hydrogen) atoms. The van der Waals surface area contributed by atoms with Gasteiger partial charge < -0.3 is 0 Å². The average molecular weight is 473 g/mol. The Labute approximate surface area is 198 Å². The predicted octanol–water partition coefficient (Wildman–Crippen LogP) is 6.64. The zero-order valence-electron chi connectivity index (χ0n) is 19.0. The summed E-state index contributed by atoms with van der Waals surface area (Å²) in [4.78, 5) is 38.9. The maximum Gasteiger partial charge on any atom is 0.351 e. The van der Waals surface area contributed by atoms with Crippen LogP contribution in [0.15, 0.2) is 58.5 Å². The van der Waals surface area contributed by atoms with E-state index >= 15 is 0 Å². The molecule has 1 heterocycles. The molecule has 0 radical (unpaired) electrons. The number of halogens is 2. The van der Waals surface area contributed by atoms with Crippen molar-refractivity contribution < 1.29 is 9.59 Å². The largest absolute Gasteiger partial charge is 0.351 e. The zero-order valence-corrected chi connectivity index (χ0v) is 20.5. The van der Waals surface area contributed by atoms with Gasteiger partial charge in [-0.2, -0.15) is 9.98 Å². The van der Waals surface area contributed by atoms with Gasteiger partial charge in [0.1, 0.15) is 11.7 Å². The van der Waals surface area contributed by atoms with Crippen LogP contribution in [0.25, 0.3) is 0 Å². The first-order valence-corrected chi connectivity index (χ1v) is 10.9. The normalized spacial score (nSPS) is 19.1. The first-order chi connectivity index (χ1) is 14.8. The SMILES string of the molecule is CC(C)(C)N1C(=O)/N=C(/c2ccc(Cl)cc2)N(C(C)(C)C)C(=O)/N=C\1c1ccc(Cl)cc1. The molecule has 0 N–H and O–H groups in total. The summed E-state index contributed by atoms with van der Waals surface area (Å²) in [6, 6.07) is 12.6. The number of hydrogen-bond donors (Lipinski definition) is 0. The highest BCUT2D eigenvalue weighted by molar-refractivity contribution is 6.31. The lowest BCUT2D eigenvalue weighted by Gasteiger charge is -2.40. The van der Waals surface area contributed by atoms with E-state index in [9.17, 15) is 9.59 Å². The van der Waals surface area contributed by atoms with E-state index in [0.717, 1.165) is 0 Å². The van der Waals surface area contributed by atoms with Crippen molar-refractivity contribution in [3.05, 3.63) is 69.7 Å². The highest BCUT2D eigenvalue weighted by Gasteiger charge is 2.39. The van der Waals surface area contributed by atoms with Crippen molar-refractivity contribution in [3.8, 4) is 0 Å². The quantitative estimate of drug-likeness (QED) is 0.491. The van der Waals surface area contributed by atoms with Crippen molar-refractivity contribution in [2.45, 2.75) is 52.6 Å². The van der Waals surface area contributed by atoms with Gasteiger partial charge in [-0.25, -0.2) is 9.59 Å². The number of aliphatic imine (C=N–C) groups is 2. The van der Waals surface area contributed by atoms with Gasteiger partial charge in [0.25, 0.3) is 0 Å². The molecular weight excluding hydrogens is 447 g/mol. The summed E-state index contributed by atoms with van der Waals surface area (Å²) in [6.07, 6.45) is 0. The van der Waals surface area contributed by atoms with Gasteiger partial charge in [-0.05, 0) is 90.1 Å². The molecule has 2 aromatic carbocycles. The van der Waals surface area contributed by atoms with E-state index in [4.69, 9.17) is 23.2 Å². The van der Waals surface area contributed by atoms with Crippen LogP contribution in [0.4, 0.5) is 9.59 Å². The fraction of sp³-hybridized carbons (Fsp3) is 0.333. The molecule has 0 spiro atoms. The first kappa shape index (κ1) is 24.0. The number of carbonyl (C=O) groups excluding carboxylic acids is 2. The zero-order chi connectivity index (χ0) is 23.8. The van der Waals surface area contributed by atoms with Crippen LogP contribution in [0.2, 0.25) is 10.0 Å². The molecule has 8 heteroatoms. The van der Waals surface area contributed by atoms with Crippen molar-refractivity contribution in [1.82, 2.24) is 9.80 Å². The van der Waals surface area contributed by atoms with E-state index < -0.39 is 23.1 Å². The minimum Gasteiger partial charge on any atom is -0.271 e. The average Bonchev–Trinajstić information content (AvgIpc) is 2.65. The van der Waals surface area contributed by atoms with Crippen LogP contribution in [-0.4, -0.2) is 44.6 Å². The second-order valence-corrected chi connectivity index (χ2v) is 10.3. The van der Waals surface area contributed by atoms with Crippen LogP contribution in [-0.2, 0) is 0 Å². The molecule has 4 amide bonds. The summed E-state index contributed by atoms with van der Waals surface area (Å²) < 4.78 is 0. The Bertz CT molecular complexity index is 1000. The van der Waals surface area contributed by atoms with Crippen molar-refractivity contribution in [1.29, 1.82) is 0 Å². The molecular formula is C24H26Cl2N4O2. The van der Waals surface area contributed by atoms with E-state index in [1.54, 1.807) is 48.5 Å². The number of benzene rings is 2. The molecule has 168 valence electrons. The number of hydrogen-bond acceptors (Lipinski definition) is 2. The lowest BCUT2D eigenvalue weighted by atomic mass is 10.0. The molecule has 0 unspecified atom stereocenters. The molecule has 0 bridgehead atoms. The van der Waals surface area contributed by atoms with E-state index in [1.807, 2.05) is 41.5 Å². The maximum atomic E-state index is 13.6. The number of carbonyl (C=O) groups is 2. The molecule has 0 aliphatic carbocycles. The predicted molar refractivity (Wildman–Crippen MR) is 130 cm³/mol. The highest BCUT2D eigenvalue weighted by atomic mass is 35.5. The Kier molecular flexibility index (Phi) is 6.50. The lowest BCUT2D eigenvalue weighted by Crippen LogP contribution is -2.55. The minimum absolute atomic E-state index is 0.220. The molecule has 0 fully saturated rings. The molecule has 2 aromatic rings. The van der Waals surface area contributed by atoms with Gasteiger partial charge in [0.05, 0.1) is 0 Å². The Morgan fingerprint density at radius 3 is 1.12 bits per heavy atom. The third-order valence-corrected chi connectivity index (χ3v) is 5.26. The second kappa shape index (κ2) is 8.68. The summed E-state index contributed by atoms with van der Waals surface area (Å²) in [5.41, 5.74) is -0.224. The van der Waals surface area contributed by atoms with E-state index in [2.05, 4.69) is 9.98 Å². The summed E-state index contributed by atoms with van der Waals surface area (Å²) in [5.74, 6) is 0.439. The minimum atomic E-state index is -0.700. The molecule has 0 saturated heterocycles. The monoisotopic (exact) mass is 472 g/mol. The van der Waals surface area contributed by atoms with Gasteiger partial charge in [-0.3, -0.25) is 9.80 Å². The Morgan fingerprint density at radius 2 is 0.875 bits per heavy atom. The van der Waals surface area contributed by atoms with E-state index in [1.165, 1.54) is 9.80 Å². The fourth-order valence-corrected chi connectivity index (χ4v) is 3.61.